The summed E-state index contributed by atoms with van der Waals surface area (Å²) in [5.74, 6) is 0.345. The van der Waals surface area contributed by atoms with Crippen LogP contribution in [0.25, 0.3) is 4.72 Å². The quantitative estimate of drug-likeness (QED) is 0.606. The number of hydrogen-bond acceptors (Lipinski definition) is 5. The first-order chi connectivity index (χ1) is 14.9. The number of sulfonamides is 1. The minimum absolute atomic E-state index is 0.0211. The highest BCUT2D eigenvalue weighted by Crippen LogP contribution is 2.31. The highest BCUT2D eigenvalue weighted by Gasteiger charge is 2.16. The fraction of sp³-hybridized carbons (Fsp3) is 0.409. The van der Waals surface area contributed by atoms with Gasteiger partial charge in [-0.1, -0.05) is 18.2 Å². The van der Waals surface area contributed by atoms with Crippen LogP contribution in [0.2, 0.25) is 0 Å². The molecule has 1 heterocycles. The molecule has 0 atom stereocenters. The molecule has 0 unspecified atom stereocenters. The molecule has 0 aliphatic carbocycles. The van der Waals surface area contributed by atoms with Crippen molar-refractivity contribution in [1.29, 1.82) is 0 Å². The molecule has 0 saturated carbocycles. The number of ether oxygens (including phenoxy) is 2. The van der Waals surface area contributed by atoms with Gasteiger partial charge in [0.1, 0.15) is 28.9 Å². The number of nitrogens with one attached hydrogen (secondary N) is 2. The van der Waals surface area contributed by atoms with Gasteiger partial charge in [0.2, 0.25) is 0 Å². The van der Waals surface area contributed by atoms with E-state index in [1.54, 1.807) is 43.3 Å². The van der Waals surface area contributed by atoms with E-state index in [9.17, 15) is 13.2 Å². The third kappa shape index (κ3) is 6.43. The second-order valence-corrected chi connectivity index (χ2v) is 8.91. The number of nitrogens with zero attached hydrogens (tertiary/aromatic N) is 1. The van der Waals surface area contributed by atoms with Gasteiger partial charge < -0.3 is 24.4 Å². The normalized spacial score (nSPS) is 14.8. The fourth-order valence-electron chi connectivity index (χ4n) is 3.34. The van der Waals surface area contributed by atoms with Crippen LogP contribution in [-0.2, 0) is 14.8 Å². The summed E-state index contributed by atoms with van der Waals surface area (Å²) < 4.78 is 40.4. The van der Waals surface area contributed by atoms with Crippen molar-refractivity contribution in [2.24, 2.45) is 0 Å². The van der Waals surface area contributed by atoms with E-state index in [2.05, 4.69) is 10.0 Å². The molecular formula is C22H29N3O5S. The van der Waals surface area contributed by atoms with E-state index in [0.717, 1.165) is 32.8 Å². The Kier molecular flexibility index (Phi) is 7.89. The van der Waals surface area contributed by atoms with Crippen LogP contribution in [0.15, 0.2) is 47.4 Å². The molecule has 0 radical (unpaired) electrons. The zero-order chi connectivity index (χ0) is 22.3. The number of aryl methyl sites for hydroxylation is 1. The van der Waals surface area contributed by atoms with Gasteiger partial charge in [-0.25, -0.2) is 8.42 Å². The molecule has 2 N–H and O–H groups in total. The van der Waals surface area contributed by atoms with Gasteiger partial charge in [-0.3, -0.25) is 4.79 Å². The van der Waals surface area contributed by atoms with Gasteiger partial charge >= 0.3 is 0 Å². The summed E-state index contributed by atoms with van der Waals surface area (Å²) in [5.41, 5.74) is 1.12. The maximum atomic E-state index is 12.9. The first-order valence-corrected chi connectivity index (χ1v) is 11.8. The number of carbonyl (C=O) groups excluding carboxylic acids is 1. The van der Waals surface area contributed by atoms with E-state index in [1.807, 2.05) is 6.92 Å². The molecule has 0 aromatic heterocycles. The molecule has 1 aliphatic heterocycles. The maximum absolute atomic E-state index is 12.9. The Balaban J connectivity index is 1.66. The lowest BCUT2D eigenvalue weighted by Crippen LogP contribution is -3.14. The molecule has 1 saturated heterocycles. The first kappa shape index (κ1) is 23.1. The number of rotatable bonds is 9. The van der Waals surface area contributed by atoms with Gasteiger partial charge in [-0.15, -0.1) is 5.69 Å². The van der Waals surface area contributed by atoms with E-state index in [0.29, 0.717) is 35.7 Å². The van der Waals surface area contributed by atoms with Crippen LogP contribution in [0.1, 0.15) is 22.8 Å². The average molecular weight is 448 g/mol. The molecule has 2 aromatic carbocycles. The van der Waals surface area contributed by atoms with E-state index in [1.165, 1.54) is 11.0 Å². The third-order valence-electron chi connectivity index (χ3n) is 5.07. The molecule has 3 rings (SSSR count). The predicted molar refractivity (Wildman–Crippen MR) is 118 cm³/mol. The lowest BCUT2D eigenvalue weighted by atomic mass is 10.1. The molecule has 31 heavy (non-hydrogen) atoms. The Morgan fingerprint density at radius 2 is 1.87 bits per heavy atom. The van der Waals surface area contributed by atoms with Crippen LogP contribution in [0.5, 0.6) is 5.75 Å². The van der Waals surface area contributed by atoms with Crippen LogP contribution < -0.4 is 15.0 Å². The Labute approximate surface area is 183 Å². The molecular weight excluding hydrogens is 418 g/mol. The lowest BCUT2D eigenvalue weighted by molar-refractivity contribution is -0.906. The van der Waals surface area contributed by atoms with Crippen molar-refractivity contribution in [1.82, 2.24) is 5.32 Å². The number of hydrogen-bond donors (Lipinski definition) is 2. The highest BCUT2D eigenvalue weighted by atomic mass is 32.2. The van der Waals surface area contributed by atoms with Gasteiger partial charge in [0.15, 0.2) is 0 Å². The smallest absolute Gasteiger partial charge is 0.251 e. The Morgan fingerprint density at radius 1 is 1.16 bits per heavy atom. The molecule has 0 spiro atoms. The van der Waals surface area contributed by atoms with E-state index >= 15 is 0 Å². The van der Waals surface area contributed by atoms with Gasteiger partial charge in [0.25, 0.3) is 5.91 Å². The van der Waals surface area contributed by atoms with Crippen molar-refractivity contribution in [2.75, 3.05) is 46.0 Å². The van der Waals surface area contributed by atoms with Crippen molar-refractivity contribution in [3.63, 3.8) is 0 Å². The van der Waals surface area contributed by atoms with Crippen molar-refractivity contribution >= 4 is 21.6 Å². The monoisotopic (exact) mass is 447 g/mol. The summed E-state index contributed by atoms with van der Waals surface area (Å²) in [6.07, 6.45) is 0. The zero-order valence-corrected chi connectivity index (χ0v) is 18.7. The summed E-state index contributed by atoms with van der Waals surface area (Å²) in [6, 6.07) is 11.2. The molecule has 9 heteroatoms. The lowest BCUT2D eigenvalue weighted by Gasteiger charge is -2.24. The standard InChI is InChI=1S/C22H28N3O5S/c1-3-30-20-8-6-19(7-9-20)24-31(27,28)21-16-18(5-4-17(21)2)22(26)23-10-11-25-12-14-29-15-13-25/h4-9,16H,3,10-15H2,1-2H3,(H,23,26)/q-1/p+1. The number of amides is 1. The second kappa shape index (κ2) is 10.6. The number of quaternary nitrogens is 1. The predicted octanol–water partition coefficient (Wildman–Crippen LogP) is 1.43. The van der Waals surface area contributed by atoms with Crippen LogP contribution in [0.3, 0.4) is 0 Å². The maximum Gasteiger partial charge on any atom is 0.251 e. The summed E-state index contributed by atoms with van der Waals surface area (Å²) in [6.45, 7) is 8.73. The van der Waals surface area contributed by atoms with Crippen LogP contribution in [0, 0.1) is 6.92 Å². The van der Waals surface area contributed by atoms with Crippen molar-refractivity contribution in [3.05, 3.63) is 58.3 Å². The van der Waals surface area contributed by atoms with E-state index in [-0.39, 0.29) is 10.8 Å². The second-order valence-electron chi connectivity index (χ2n) is 7.34. The molecule has 0 bridgehead atoms. The number of benzene rings is 2. The summed E-state index contributed by atoms with van der Waals surface area (Å²) in [7, 11) is -3.98. The van der Waals surface area contributed by atoms with Gasteiger partial charge in [-0.2, -0.15) is 0 Å². The molecule has 1 fully saturated rings. The Morgan fingerprint density at radius 3 is 2.55 bits per heavy atom. The molecule has 8 nitrogen and oxygen atoms in total. The number of morpholine rings is 1. The highest BCUT2D eigenvalue weighted by molar-refractivity contribution is 7.94. The number of carbonyl (C=O) groups is 1. The average Bonchev–Trinajstić information content (AvgIpc) is 2.76. The van der Waals surface area contributed by atoms with E-state index < -0.39 is 10.0 Å². The Bertz CT molecular complexity index is 987. The zero-order valence-electron chi connectivity index (χ0n) is 17.9. The van der Waals surface area contributed by atoms with Gasteiger partial charge in [0, 0.05) is 5.56 Å². The van der Waals surface area contributed by atoms with Crippen LogP contribution in [0.4, 0.5) is 5.69 Å². The van der Waals surface area contributed by atoms with Crippen molar-refractivity contribution < 1.29 is 27.6 Å². The first-order valence-electron chi connectivity index (χ1n) is 10.4. The Hall–Kier alpha value is -2.62. The summed E-state index contributed by atoms with van der Waals surface area (Å²) in [4.78, 5) is 14.0. The van der Waals surface area contributed by atoms with Gasteiger partial charge in [0.05, 0.1) is 37.8 Å². The third-order valence-corrected chi connectivity index (χ3v) is 6.51. The summed E-state index contributed by atoms with van der Waals surface area (Å²) in [5, 5.41) is 2.87. The minimum Gasteiger partial charge on any atom is -0.573 e. The SMILES string of the molecule is CCOc1ccc([N-]S(=O)(=O)c2cc(C(=O)NCC[NH+]3CCOCC3)ccc2C)cc1. The molecule has 1 amide bonds. The van der Waals surface area contributed by atoms with Crippen molar-refractivity contribution in [3.8, 4) is 5.75 Å². The minimum atomic E-state index is -3.98. The largest absolute Gasteiger partial charge is 0.573 e. The van der Waals surface area contributed by atoms with Crippen LogP contribution >= 0.6 is 0 Å². The van der Waals surface area contributed by atoms with Crippen molar-refractivity contribution in [2.45, 2.75) is 18.7 Å². The topological polar surface area (TPSA) is 100 Å². The molecule has 2 aromatic rings. The summed E-state index contributed by atoms with van der Waals surface area (Å²) >= 11 is 0. The molecule has 168 valence electrons. The van der Waals surface area contributed by atoms with E-state index in [4.69, 9.17) is 9.47 Å². The molecule has 1 aliphatic rings. The van der Waals surface area contributed by atoms with Crippen LogP contribution in [-0.4, -0.2) is 60.3 Å². The fourth-order valence-corrected chi connectivity index (χ4v) is 4.59. The van der Waals surface area contributed by atoms with Gasteiger partial charge in [-0.05, 0) is 43.7 Å².